The highest BCUT2D eigenvalue weighted by atomic mass is 35.6. The molecule has 0 radical (unpaired) electrons. The molecule has 0 saturated heterocycles. The third-order valence-electron chi connectivity index (χ3n) is 2.64. The average molecular weight is 395 g/mol. The summed E-state index contributed by atoms with van der Waals surface area (Å²) in [6, 6.07) is 9.63. The summed E-state index contributed by atoms with van der Waals surface area (Å²) in [7, 11) is 0. The SMILES string of the molecule is CC(=O)OC(/C=C\COC(=N)C(Cl)(Cl)Cl)COCc1ccccc1. The number of esters is 1. The molecule has 0 spiro atoms. The first-order valence-electron chi connectivity index (χ1n) is 7.03. The van der Waals surface area contributed by atoms with Crippen molar-refractivity contribution in [3.63, 3.8) is 0 Å². The monoisotopic (exact) mass is 393 g/mol. The number of halogens is 3. The number of hydrogen-bond acceptors (Lipinski definition) is 5. The molecular weight excluding hydrogens is 377 g/mol. The van der Waals surface area contributed by atoms with Crippen molar-refractivity contribution in [2.75, 3.05) is 13.2 Å². The van der Waals surface area contributed by atoms with Crippen molar-refractivity contribution >= 4 is 46.7 Å². The summed E-state index contributed by atoms with van der Waals surface area (Å²) in [5.41, 5.74) is 1.02. The minimum Gasteiger partial charge on any atom is -0.474 e. The number of carbonyl (C=O) groups is 1. The van der Waals surface area contributed by atoms with Crippen LogP contribution in [-0.2, 0) is 25.6 Å². The molecule has 0 aliphatic carbocycles. The first kappa shape index (κ1) is 20.8. The molecule has 1 unspecified atom stereocenters. The lowest BCUT2D eigenvalue weighted by molar-refractivity contribution is -0.146. The van der Waals surface area contributed by atoms with Crippen LogP contribution >= 0.6 is 34.8 Å². The van der Waals surface area contributed by atoms with E-state index in [1.165, 1.54) is 6.92 Å². The third kappa shape index (κ3) is 9.13. The highest BCUT2D eigenvalue weighted by molar-refractivity contribution is 6.76. The van der Waals surface area contributed by atoms with Gasteiger partial charge in [0.05, 0.1) is 13.2 Å². The van der Waals surface area contributed by atoms with Crippen LogP contribution < -0.4 is 0 Å². The Balaban J connectivity index is 2.42. The molecule has 0 heterocycles. The fourth-order valence-electron chi connectivity index (χ4n) is 1.63. The second kappa shape index (κ2) is 10.6. The Bertz CT molecular complexity index is 558. The zero-order valence-corrected chi connectivity index (χ0v) is 15.3. The van der Waals surface area contributed by atoms with Crippen molar-refractivity contribution in [3.05, 3.63) is 48.0 Å². The minimum absolute atomic E-state index is 0.00317. The smallest absolute Gasteiger partial charge is 0.303 e. The summed E-state index contributed by atoms with van der Waals surface area (Å²) < 4.78 is 13.7. The van der Waals surface area contributed by atoms with Crippen LogP contribution in [0.3, 0.4) is 0 Å². The van der Waals surface area contributed by atoms with Gasteiger partial charge in [0.2, 0.25) is 5.90 Å². The highest BCUT2D eigenvalue weighted by Crippen LogP contribution is 2.27. The average Bonchev–Trinajstić information content (AvgIpc) is 2.50. The van der Waals surface area contributed by atoms with Gasteiger partial charge in [-0.15, -0.1) is 0 Å². The molecule has 1 aromatic carbocycles. The van der Waals surface area contributed by atoms with E-state index in [1.54, 1.807) is 12.2 Å². The van der Waals surface area contributed by atoms with Crippen LogP contribution in [0.5, 0.6) is 0 Å². The zero-order valence-electron chi connectivity index (χ0n) is 13.0. The van der Waals surface area contributed by atoms with Crippen LogP contribution in [0.1, 0.15) is 12.5 Å². The van der Waals surface area contributed by atoms with E-state index in [0.29, 0.717) is 6.61 Å². The quantitative estimate of drug-likeness (QED) is 0.237. The third-order valence-corrected chi connectivity index (χ3v) is 3.16. The van der Waals surface area contributed by atoms with E-state index < -0.39 is 21.8 Å². The second-order valence-electron chi connectivity index (χ2n) is 4.71. The zero-order chi connectivity index (χ0) is 18.0. The Morgan fingerprint density at radius 1 is 1.29 bits per heavy atom. The van der Waals surface area contributed by atoms with Crippen molar-refractivity contribution in [1.82, 2.24) is 0 Å². The topological polar surface area (TPSA) is 68.6 Å². The standard InChI is InChI=1S/C16H18Cl3NO4/c1-12(21)24-14(8-5-9-23-15(20)16(17,18)19)11-22-10-13-6-3-2-4-7-13/h2-8,14,20H,9-11H2,1H3/b8-5-,20-15?. The molecule has 1 aromatic rings. The number of alkyl halides is 3. The predicted molar refractivity (Wildman–Crippen MR) is 94.8 cm³/mol. The van der Waals surface area contributed by atoms with Gasteiger partial charge in [0, 0.05) is 6.92 Å². The van der Waals surface area contributed by atoms with E-state index in [2.05, 4.69) is 0 Å². The molecule has 0 amide bonds. The van der Waals surface area contributed by atoms with Gasteiger partial charge in [-0.3, -0.25) is 10.2 Å². The van der Waals surface area contributed by atoms with Crippen molar-refractivity contribution in [3.8, 4) is 0 Å². The molecule has 5 nitrogen and oxygen atoms in total. The number of benzene rings is 1. The lowest BCUT2D eigenvalue weighted by atomic mass is 10.2. The summed E-state index contributed by atoms with van der Waals surface area (Å²) in [5, 5.41) is 7.38. The molecule has 0 fully saturated rings. The van der Waals surface area contributed by atoms with E-state index >= 15 is 0 Å². The number of hydrogen-bond donors (Lipinski definition) is 1. The van der Waals surface area contributed by atoms with Crippen LogP contribution in [0.15, 0.2) is 42.5 Å². The molecule has 1 N–H and O–H groups in total. The highest BCUT2D eigenvalue weighted by Gasteiger charge is 2.28. The number of ether oxygens (including phenoxy) is 3. The molecule has 0 aliphatic rings. The van der Waals surface area contributed by atoms with Crippen LogP contribution in [0.4, 0.5) is 0 Å². The minimum atomic E-state index is -1.90. The van der Waals surface area contributed by atoms with Crippen LogP contribution in [-0.4, -0.2) is 35.0 Å². The number of nitrogens with one attached hydrogen (secondary N) is 1. The van der Waals surface area contributed by atoms with Crippen LogP contribution in [0.2, 0.25) is 0 Å². The van der Waals surface area contributed by atoms with Crippen molar-refractivity contribution < 1.29 is 19.0 Å². The van der Waals surface area contributed by atoms with Crippen molar-refractivity contribution in [2.45, 2.75) is 23.4 Å². The Kier molecular flexibility index (Phi) is 9.14. The molecule has 0 bridgehead atoms. The van der Waals surface area contributed by atoms with Gasteiger partial charge in [-0.2, -0.15) is 0 Å². The molecule has 0 aromatic heterocycles. The Hall–Kier alpha value is -1.27. The summed E-state index contributed by atoms with van der Waals surface area (Å²) in [6.07, 6.45) is 2.58. The molecule has 0 saturated carbocycles. The van der Waals surface area contributed by atoms with Gasteiger partial charge < -0.3 is 14.2 Å². The van der Waals surface area contributed by atoms with Gasteiger partial charge in [0.15, 0.2) is 0 Å². The Labute approximate surface area is 155 Å². The van der Waals surface area contributed by atoms with Gasteiger partial charge in [0.25, 0.3) is 3.79 Å². The fraction of sp³-hybridized carbons (Fsp3) is 0.375. The predicted octanol–water partition coefficient (Wildman–Crippen LogP) is 4.06. The maximum Gasteiger partial charge on any atom is 0.303 e. The molecule has 0 aliphatic heterocycles. The van der Waals surface area contributed by atoms with E-state index in [1.807, 2.05) is 30.3 Å². The molecule has 8 heteroatoms. The van der Waals surface area contributed by atoms with E-state index in [9.17, 15) is 4.79 Å². The normalized spacial score (nSPS) is 12.8. The Morgan fingerprint density at radius 3 is 2.54 bits per heavy atom. The molecule has 1 rings (SSSR count). The van der Waals surface area contributed by atoms with Gasteiger partial charge in [-0.1, -0.05) is 65.1 Å². The van der Waals surface area contributed by atoms with Crippen LogP contribution in [0, 0.1) is 5.41 Å². The summed E-state index contributed by atoms with van der Waals surface area (Å²) in [6.45, 7) is 1.91. The molecular formula is C16H18Cl3NO4. The lowest BCUT2D eigenvalue weighted by Gasteiger charge is -2.14. The van der Waals surface area contributed by atoms with Crippen molar-refractivity contribution in [2.24, 2.45) is 0 Å². The van der Waals surface area contributed by atoms with E-state index in [4.69, 9.17) is 54.4 Å². The summed E-state index contributed by atoms with van der Waals surface area (Å²) in [5.74, 6) is -0.913. The van der Waals surface area contributed by atoms with E-state index in [-0.39, 0.29) is 13.2 Å². The van der Waals surface area contributed by atoms with E-state index in [0.717, 1.165) is 5.56 Å². The lowest BCUT2D eigenvalue weighted by Crippen LogP contribution is -2.22. The maximum absolute atomic E-state index is 11.1. The molecule has 24 heavy (non-hydrogen) atoms. The number of rotatable bonds is 8. The van der Waals surface area contributed by atoms with Gasteiger partial charge >= 0.3 is 5.97 Å². The van der Waals surface area contributed by atoms with Crippen molar-refractivity contribution in [1.29, 1.82) is 5.41 Å². The Morgan fingerprint density at radius 2 is 1.96 bits per heavy atom. The second-order valence-corrected chi connectivity index (χ2v) is 7.00. The number of carbonyl (C=O) groups excluding carboxylic acids is 1. The van der Waals surface area contributed by atoms with Gasteiger partial charge in [0.1, 0.15) is 12.7 Å². The first-order chi connectivity index (χ1) is 11.3. The molecule has 132 valence electrons. The molecule has 1 atom stereocenters. The summed E-state index contributed by atoms with van der Waals surface area (Å²) in [4.78, 5) is 11.1. The van der Waals surface area contributed by atoms with Crippen LogP contribution in [0.25, 0.3) is 0 Å². The summed E-state index contributed by atoms with van der Waals surface area (Å²) >= 11 is 16.5. The van der Waals surface area contributed by atoms with Gasteiger partial charge in [-0.25, -0.2) is 0 Å². The first-order valence-corrected chi connectivity index (χ1v) is 8.16. The largest absolute Gasteiger partial charge is 0.474 e. The maximum atomic E-state index is 11.1. The van der Waals surface area contributed by atoms with Gasteiger partial charge in [-0.05, 0) is 17.7 Å². The fourth-order valence-corrected chi connectivity index (χ4v) is 1.79.